The molecule has 1 fully saturated rings. The summed E-state index contributed by atoms with van der Waals surface area (Å²) in [5, 5.41) is 2.82. The van der Waals surface area contributed by atoms with E-state index in [0.717, 1.165) is 13.1 Å². The highest BCUT2D eigenvalue weighted by atomic mass is 16.6. The Bertz CT molecular complexity index is 263. The van der Waals surface area contributed by atoms with Crippen LogP contribution >= 0.6 is 0 Å². The van der Waals surface area contributed by atoms with E-state index in [1.54, 1.807) is 0 Å². The molecule has 1 heterocycles. The third-order valence-corrected chi connectivity index (χ3v) is 2.97. The number of ether oxygens (including phenoxy) is 1. The molecule has 0 saturated carbocycles. The molecular weight excluding hydrogens is 218 g/mol. The van der Waals surface area contributed by atoms with E-state index < -0.39 is 5.60 Å². The minimum absolute atomic E-state index is 0.345. The van der Waals surface area contributed by atoms with Crippen molar-refractivity contribution in [3.63, 3.8) is 0 Å². The molecule has 0 spiro atoms. The van der Waals surface area contributed by atoms with Crippen LogP contribution < -0.4 is 11.1 Å². The molecule has 1 amide bonds. The SMILES string of the molecule is CN1C[C@@H](CNC(=O)OC(C)(C)C)[C@@H](CN)C1. The molecule has 1 aliphatic rings. The van der Waals surface area contributed by atoms with Gasteiger partial charge in [0.2, 0.25) is 0 Å². The van der Waals surface area contributed by atoms with E-state index in [0.29, 0.717) is 24.9 Å². The number of carbonyl (C=O) groups excluding carboxylic acids is 1. The molecule has 2 atom stereocenters. The summed E-state index contributed by atoms with van der Waals surface area (Å²) in [6, 6.07) is 0. The molecule has 1 saturated heterocycles. The number of nitrogens with zero attached hydrogens (tertiary/aromatic N) is 1. The topological polar surface area (TPSA) is 67.6 Å². The zero-order chi connectivity index (χ0) is 13.1. The van der Waals surface area contributed by atoms with Crippen molar-refractivity contribution in [1.29, 1.82) is 0 Å². The van der Waals surface area contributed by atoms with Crippen LogP contribution in [-0.4, -0.2) is 49.8 Å². The van der Waals surface area contributed by atoms with E-state index in [4.69, 9.17) is 10.5 Å². The van der Waals surface area contributed by atoms with Crippen LogP contribution in [0.5, 0.6) is 0 Å². The van der Waals surface area contributed by atoms with Gasteiger partial charge in [0.05, 0.1) is 0 Å². The molecule has 5 nitrogen and oxygen atoms in total. The summed E-state index contributed by atoms with van der Waals surface area (Å²) < 4.78 is 5.20. The highest BCUT2D eigenvalue weighted by Crippen LogP contribution is 2.20. The zero-order valence-corrected chi connectivity index (χ0v) is 11.3. The van der Waals surface area contributed by atoms with Crippen molar-refractivity contribution in [2.24, 2.45) is 17.6 Å². The number of likely N-dealkylation sites (tertiary alicyclic amines) is 1. The van der Waals surface area contributed by atoms with E-state index in [1.807, 2.05) is 20.8 Å². The van der Waals surface area contributed by atoms with Gasteiger partial charge in [0.1, 0.15) is 5.60 Å². The van der Waals surface area contributed by atoms with Crippen LogP contribution in [0.2, 0.25) is 0 Å². The number of nitrogens with two attached hydrogens (primary N) is 1. The van der Waals surface area contributed by atoms with Gasteiger partial charge in [-0.05, 0) is 46.2 Å². The summed E-state index contributed by atoms with van der Waals surface area (Å²) in [5.41, 5.74) is 5.28. The van der Waals surface area contributed by atoms with Crippen LogP contribution in [0, 0.1) is 11.8 Å². The normalized spacial score (nSPS) is 25.9. The number of hydrogen-bond donors (Lipinski definition) is 2. The van der Waals surface area contributed by atoms with Crippen molar-refractivity contribution in [2.75, 3.05) is 33.2 Å². The fraction of sp³-hybridized carbons (Fsp3) is 0.917. The predicted molar refractivity (Wildman–Crippen MR) is 67.8 cm³/mol. The largest absolute Gasteiger partial charge is 0.444 e. The lowest BCUT2D eigenvalue weighted by atomic mass is 9.96. The number of amides is 1. The number of nitrogens with one attached hydrogen (secondary N) is 1. The van der Waals surface area contributed by atoms with E-state index in [2.05, 4.69) is 17.3 Å². The Labute approximate surface area is 104 Å². The molecule has 17 heavy (non-hydrogen) atoms. The lowest BCUT2D eigenvalue weighted by Crippen LogP contribution is -2.38. The predicted octanol–water partition coefficient (Wildman–Crippen LogP) is 0.648. The molecule has 100 valence electrons. The van der Waals surface area contributed by atoms with Crippen LogP contribution in [0.1, 0.15) is 20.8 Å². The van der Waals surface area contributed by atoms with Crippen molar-refractivity contribution in [2.45, 2.75) is 26.4 Å². The van der Waals surface area contributed by atoms with E-state index >= 15 is 0 Å². The first-order chi connectivity index (χ1) is 7.81. The summed E-state index contributed by atoms with van der Waals surface area (Å²) >= 11 is 0. The lowest BCUT2D eigenvalue weighted by Gasteiger charge is -2.22. The molecule has 5 heteroatoms. The maximum Gasteiger partial charge on any atom is 0.407 e. The van der Waals surface area contributed by atoms with Crippen molar-refractivity contribution >= 4 is 6.09 Å². The minimum Gasteiger partial charge on any atom is -0.444 e. The Morgan fingerprint density at radius 2 is 2.00 bits per heavy atom. The summed E-state index contributed by atoms with van der Waals surface area (Å²) in [5.74, 6) is 0.896. The zero-order valence-electron chi connectivity index (χ0n) is 11.3. The second-order valence-corrected chi connectivity index (χ2v) is 5.86. The van der Waals surface area contributed by atoms with Crippen LogP contribution in [0.15, 0.2) is 0 Å². The van der Waals surface area contributed by atoms with E-state index in [-0.39, 0.29) is 6.09 Å². The average molecular weight is 243 g/mol. The van der Waals surface area contributed by atoms with Crippen molar-refractivity contribution in [3.05, 3.63) is 0 Å². The van der Waals surface area contributed by atoms with Gasteiger partial charge in [-0.1, -0.05) is 0 Å². The van der Waals surface area contributed by atoms with Gasteiger partial charge in [-0.2, -0.15) is 0 Å². The van der Waals surface area contributed by atoms with Gasteiger partial charge in [0.25, 0.3) is 0 Å². The Hall–Kier alpha value is -0.810. The number of hydrogen-bond acceptors (Lipinski definition) is 4. The Morgan fingerprint density at radius 1 is 1.41 bits per heavy atom. The van der Waals surface area contributed by atoms with Gasteiger partial charge in [-0.15, -0.1) is 0 Å². The molecule has 1 rings (SSSR count). The molecule has 0 unspecified atom stereocenters. The van der Waals surface area contributed by atoms with Crippen LogP contribution in [0.3, 0.4) is 0 Å². The van der Waals surface area contributed by atoms with E-state index in [9.17, 15) is 4.79 Å². The second-order valence-electron chi connectivity index (χ2n) is 5.86. The molecule has 0 aromatic carbocycles. The third kappa shape index (κ3) is 4.91. The highest BCUT2D eigenvalue weighted by molar-refractivity contribution is 5.67. The first-order valence-corrected chi connectivity index (χ1v) is 6.17. The van der Waals surface area contributed by atoms with Gasteiger partial charge in [-0.3, -0.25) is 0 Å². The fourth-order valence-electron chi connectivity index (χ4n) is 2.20. The van der Waals surface area contributed by atoms with E-state index in [1.165, 1.54) is 0 Å². The first-order valence-electron chi connectivity index (χ1n) is 6.17. The molecule has 0 radical (unpaired) electrons. The van der Waals surface area contributed by atoms with Gasteiger partial charge in [0.15, 0.2) is 0 Å². The van der Waals surface area contributed by atoms with Gasteiger partial charge in [-0.25, -0.2) is 4.79 Å². The summed E-state index contributed by atoms with van der Waals surface area (Å²) in [6.45, 7) is 8.89. The van der Waals surface area contributed by atoms with Crippen LogP contribution in [-0.2, 0) is 4.74 Å². The smallest absolute Gasteiger partial charge is 0.407 e. The van der Waals surface area contributed by atoms with Crippen molar-refractivity contribution in [1.82, 2.24) is 10.2 Å². The summed E-state index contributed by atoms with van der Waals surface area (Å²) in [7, 11) is 2.08. The van der Waals surface area contributed by atoms with Crippen LogP contribution in [0.4, 0.5) is 4.79 Å². The Kier molecular flexibility index (Phi) is 4.77. The molecule has 0 bridgehead atoms. The maximum absolute atomic E-state index is 11.5. The van der Waals surface area contributed by atoms with Gasteiger partial charge >= 0.3 is 6.09 Å². The number of rotatable bonds is 3. The van der Waals surface area contributed by atoms with Crippen molar-refractivity contribution in [3.8, 4) is 0 Å². The van der Waals surface area contributed by atoms with Crippen LogP contribution in [0.25, 0.3) is 0 Å². The molecule has 1 aliphatic heterocycles. The first kappa shape index (κ1) is 14.3. The maximum atomic E-state index is 11.5. The van der Waals surface area contributed by atoms with Crippen molar-refractivity contribution < 1.29 is 9.53 Å². The molecule has 0 aromatic rings. The minimum atomic E-state index is -0.441. The molecule has 0 aromatic heterocycles. The monoisotopic (exact) mass is 243 g/mol. The molecular formula is C12H25N3O2. The lowest BCUT2D eigenvalue weighted by molar-refractivity contribution is 0.0517. The fourth-order valence-corrected chi connectivity index (χ4v) is 2.20. The van der Waals surface area contributed by atoms with Gasteiger partial charge in [0, 0.05) is 19.6 Å². The number of alkyl carbamates (subject to hydrolysis) is 1. The number of carbonyl (C=O) groups is 1. The second kappa shape index (κ2) is 5.69. The Morgan fingerprint density at radius 3 is 2.53 bits per heavy atom. The standard InChI is InChI=1S/C12H25N3O2/c1-12(2,3)17-11(16)14-6-10-8-15(4)7-9(10)5-13/h9-10H,5-8,13H2,1-4H3,(H,14,16)/t9-,10+/m0/s1. The quantitative estimate of drug-likeness (QED) is 0.763. The average Bonchev–Trinajstić information content (AvgIpc) is 2.53. The van der Waals surface area contributed by atoms with Gasteiger partial charge < -0.3 is 20.7 Å². The molecule has 3 N–H and O–H groups in total. The summed E-state index contributed by atoms with van der Waals surface area (Å²) in [6.07, 6.45) is -0.345. The third-order valence-electron chi connectivity index (χ3n) is 2.97. The Balaban J connectivity index is 2.33. The molecule has 0 aliphatic carbocycles. The highest BCUT2D eigenvalue weighted by Gasteiger charge is 2.30. The summed E-state index contributed by atoms with van der Waals surface area (Å²) in [4.78, 5) is 13.8.